The third-order valence-electron chi connectivity index (χ3n) is 5.33. The summed E-state index contributed by atoms with van der Waals surface area (Å²) in [6.07, 6.45) is 4.14. The number of hydrogen-bond acceptors (Lipinski definition) is 5. The standard InChI is InChI=1S/C23H24ClN3O4S/c1-25-23(29)27-11-9-26(10-12-27)22(28)7-3-16-2-6-21(19(24)14-16)32-18-4-5-20-17(15-18)8-13-30-31-20/h2-7,14-15H,8-13H2,1H3,(H,25,29)/b7-3+. The molecule has 2 aliphatic heterocycles. The number of amides is 3. The largest absolute Gasteiger partial charge is 0.341 e. The number of benzene rings is 2. The molecular weight excluding hydrogens is 450 g/mol. The van der Waals surface area contributed by atoms with Crippen LogP contribution in [0.3, 0.4) is 0 Å². The van der Waals surface area contributed by atoms with Gasteiger partial charge in [0.05, 0.1) is 11.6 Å². The first-order valence-electron chi connectivity index (χ1n) is 10.4. The van der Waals surface area contributed by atoms with Crippen LogP contribution in [0, 0.1) is 0 Å². The molecule has 32 heavy (non-hydrogen) atoms. The summed E-state index contributed by atoms with van der Waals surface area (Å²) in [4.78, 5) is 39.8. The van der Waals surface area contributed by atoms with E-state index in [4.69, 9.17) is 21.4 Å². The number of hydrogen-bond donors (Lipinski definition) is 1. The van der Waals surface area contributed by atoms with Crippen LogP contribution in [-0.2, 0) is 16.1 Å². The molecule has 1 saturated heterocycles. The summed E-state index contributed by atoms with van der Waals surface area (Å²) < 4.78 is 0. The van der Waals surface area contributed by atoms with Crippen LogP contribution in [0.4, 0.5) is 4.79 Å². The van der Waals surface area contributed by atoms with Crippen LogP contribution in [0.2, 0.25) is 5.02 Å². The van der Waals surface area contributed by atoms with E-state index in [1.807, 2.05) is 30.3 Å². The molecule has 3 amide bonds. The molecule has 0 unspecified atom stereocenters. The van der Waals surface area contributed by atoms with E-state index < -0.39 is 0 Å². The fourth-order valence-electron chi connectivity index (χ4n) is 3.54. The van der Waals surface area contributed by atoms with Gasteiger partial charge in [0, 0.05) is 61.1 Å². The summed E-state index contributed by atoms with van der Waals surface area (Å²) in [7, 11) is 1.61. The molecule has 0 aliphatic carbocycles. The van der Waals surface area contributed by atoms with E-state index in [0.717, 1.165) is 33.1 Å². The van der Waals surface area contributed by atoms with Crippen molar-refractivity contribution in [2.75, 3.05) is 39.8 Å². The van der Waals surface area contributed by atoms with Gasteiger partial charge in [0.1, 0.15) is 0 Å². The van der Waals surface area contributed by atoms with E-state index in [1.54, 1.807) is 40.8 Å². The van der Waals surface area contributed by atoms with Gasteiger partial charge in [-0.3, -0.25) is 4.79 Å². The van der Waals surface area contributed by atoms with E-state index in [0.29, 0.717) is 37.8 Å². The Kier molecular flexibility index (Phi) is 7.24. The van der Waals surface area contributed by atoms with Crippen molar-refractivity contribution in [3.63, 3.8) is 0 Å². The van der Waals surface area contributed by atoms with Crippen molar-refractivity contribution in [1.82, 2.24) is 15.1 Å². The zero-order valence-corrected chi connectivity index (χ0v) is 19.2. The van der Waals surface area contributed by atoms with Crippen molar-refractivity contribution in [1.29, 1.82) is 0 Å². The second kappa shape index (κ2) is 10.3. The van der Waals surface area contributed by atoms with Gasteiger partial charge >= 0.3 is 6.03 Å². The van der Waals surface area contributed by atoms with Gasteiger partial charge in [0.15, 0.2) is 5.75 Å². The molecule has 0 spiro atoms. The van der Waals surface area contributed by atoms with Crippen molar-refractivity contribution >= 4 is 41.4 Å². The predicted molar refractivity (Wildman–Crippen MR) is 124 cm³/mol. The number of nitrogens with one attached hydrogen (secondary N) is 1. The molecule has 0 bridgehead atoms. The first-order chi connectivity index (χ1) is 15.5. The molecule has 1 fully saturated rings. The van der Waals surface area contributed by atoms with Gasteiger partial charge in [-0.15, -0.1) is 0 Å². The average Bonchev–Trinajstić information content (AvgIpc) is 2.83. The van der Waals surface area contributed by atoms with E-state index >= 15 is 0 Å². The van der Waals surface area contributed by atoms with Crippen LogP contribution in [0.1, 0.15) is 11.1 Å². The highest BCUT2D eigenvalue weighted by Gasteiger charge is 2.22. The number of piperazine rings is 1. The third-order valence-corrected chi connectivity index (χ3v) is 6.82. The van der Waals surface area contributed by atoms with Crippen molar-refractivity contribution in [2.24, 2.45) is 0 Å². The second-order valence-corrected chi connectivity index (χ2v) is 8.94. The molecule has 0 aromatic heterocycles. The number of urea groups is 1. The van der Waals surface area contributed by atoms with E-state index in [9.17, 15) is 9.59 Å². The summed E-state index contributed by atoms with van der Waals surface area (Å²) in [5.74, 6) is 0.684. The Morgan fingerprint density at radius 3 is 2.62 bits per heavy atom. The topological polar surface area (TPSA) is 71.1 Å². The van der Waals surface area contributed by atoms with Crippen LogP contribution in [0.25, 0.3) is 6.08 Å². The number of halogens is 1. The Balaban J connectivity index is 1.35. The van der Waals surface area contributed by atoms with Gasteiger partial charge in [0.25, 0.3) is 0 Å². The molecule has 0 radical (unpaired) electrons. The van der Waals surface area contributed by atoms with Gasteiger partial charge in [-0.05, 0) is 42.0 Å². The van der Waals surface area contributed by atoms with Crippen LogP contribution >= 0.6 is 23.4 Å². The molecular formula is C23H24ClN3O4S. The Hall–Kier alpha value is -2.68. The summed E-state index contributed by atoms with van der Waals surface area (Å²) in [5.41, 5.74) is 1.97. The molecule has 1 N–H and O–H groups in total. The SMILES string of the molecule is CNC(=O)N1CCN(C(=O)/C=C/c2ccc(Sc3ccc4c(c3)CCOO4)c(Cl)c2)CC1. The van der Waals surface area contributed by atoms with E-state index in [-0.39, 0.29) is 11.9 Å². The highest BCUT2D eigenvalue weighted by molar-refractivity contribution is 7.99. The van der Waals surface area contributed by atoms with E-state index in [1.165, 1.54) is 0 Å². The minimum absolute atomic E-state index is 0.0728. The van der Waals surface area contributed by atoms with Gasteiger partial charge in [-0.1, -0.05) is 29.4 Å². The fraction of sp³-hybridized carbons (Fsp3) is 0.304. The summed E-state index contributed by atoms with van der Waals surface area (Å²) in [6.45, 7) is 2.64. The van der Waals surface area contributed by atoms with Gasteiger partial charge in [-0.25, -0.2) is 4.79 Å². The highest BCUT2D eigenvalue weighted by atomic mass is 35.5. The second-order valence-electron chi connectivity index (χ2n) is 7.42. The van der Waals surface area contributed by atoms with Crippen molar-refractivity contribution in [3.8, 4) is 5.75 Å². The zero-order chi connectivity index (χ0) is 22.5. The number of rotatable bonds is 4. The maximum absolute atomic E-state index is 12.5. The molecule has 4 rings (SSSR count). The quantitative estimate of drug-likeness (QED) is 0.539. The van der Waals surface area contributed by atoms with Crippen molar-refractivity contribution in [2.45, 2.75) is 16.2 Å². The molecule has 2 aliphatic rings. The van der Waals surface area contributed by atoms with Gasteiger partial charge < -0.3 is 20.0 Å². The molecule has 9 heteroatoms. The lowest BCUT2D eigenvalue weighted by Crippen LogP contribution is -2.52. The molecule has 7 nitrogen and oxygen atoms in total. The molecule has 0 saturated carbocycles. The third kappa shape index (κ3) is 5.38. The number of carbonyl (C=O) groups is 2. The Bertz CT molecular complexity index is 1040. The molecule has 0 atom stereocenters. The summed E-state index contributed by atoms with van der Waals surface area (Å²) in [5, 5.41) is 3.23. The molecule has 2 aromatic rings. The van der Waals surface area contributed by atoms with Gasteiger partial charge in [-0.2, -0.15) is 4.89 Å². The lowest BCUT2D eigenvalue weighted by molar-refractivity contribution is -0.215. The number of carbonyl (C=O) groups excluding carboxylic acids is 2. The van der Waals surface area contributed by atoms with Crippen LogP contribution < -0.4 is 10.2 Å². The Morgan fingerprint density at radius 2 is 1.88 bits per heavy atom. The molecule has 168 valence electrons. The van der Waals surface area contributed by atoms with Crippen molar-refractivity contribution < 1.29 is 19.4 Å². The summed E-state index contributed by atoms with van der Waals surface area (Å²) >= 11 is 8.09. The smallest absolute Gasteiger partial charge is 0.317 e. The lowest BCUT2D eigenvalue weighted by Gasteiger charge is -2.33. The zero-order valence-electron chi connectivity index (χ0n) is 17.7. The maximum atomic E-state index is 12.5. The summed E-state index contributed by atoms with van der Waals surface area (Å²) in [6, 6.07) is 11.6. The van der Waals surface area contributed by atoms with Crippen LogP contribution in [0.15, 0.2) is 52.3 Å². The molecule has 2 heterocycles. The fourth-order valence-corrected chi connectivity index (χ4v) is 4.73. The minimum Gasteiger partial charge on any atom is -0.341 e. The van der Waals surface area contributed by atoms with Crippen LogP contribution in [0.5, 0.6) is 5.75 Å². The normalized spacial score (nSPS) is 15.9. The lowest BCUT2D eigenvalue weighted by atomic mass is 10.1. The predicted octanol–water partition coefficient (Wildman–Crippen LogP) is 3.85. The molecule has 2 aromatic carbocycles. The number of fused-ring (bicyclic) bond motifs is 1. The van der Waals surface area contributed by atoms with Crippen molar-refractivity contribution in [3.05, 3.63) is 58.6 Å². The first-order valence-corrected chi connectivity index (χ1v) is 11.6. The average molecular weight is 474 g/mol. The maximum Gasteiger partial charge on any atom is 0.317 e. The van der Waals surface area contributed by atoms with Gasteiger partial charge in [0.2, 0.25) is 5.91 Å². The monoisotopic (exact) mass is 473 g/mol. The highest BCUT2D eigenvalue weighted by Crippen LogP contribution is 2.36. The van der Waals surface area contributed by atoms with Crippen LogP contribution in [-0.4, -0.2) is 61.6 Å². The first kappa shape index (κ1) is 22.5. The Labute approximate surface area is 196 Å². The number of nitrogens with zero attached hydrogens (tertiary/aromatic N) is 2. The minimum atomic E-state index is -0.113. The van der Waals surface area contributed by atoms with E-state index in [2.05, 4.69) is 11.4 Å². The Morgan fingerprint density at radius 1 is 1.09 bits per heavy atom.